The third kappa shape index (κ3) is 3.08. The van der Waals surface area contributed by atoms with Gasteiger partial charge in [0.1, 0.15) is 18.9 Å². The Morgan fingerprint density at radius 3 is 3.06 bits per heavy atom. The summed E-state index contributed by atoms with van der Waals surface area (Å²) >= 11 is 1.48. The molecule has 0 bridgehead atoms. The van der Waals surface area contributed by atoms with Crippen molar-refractivity contribution in [2.45, 2.75) is 13.5 Å². The van der Waals surface area contributed by atoms with E-state index < -0.39 is 12.6 Å². The zero-order valence-electron chi connectivity index (χ0n) is 8.91. The Labute approximate surface area is 100 Å². The van der Waals surface area contributed by atoms with Crippen molar-refractivity contribution < 1.29 is 19.1 Å². The predicted octanol–water partition coefficient (Wildman–Crippen LogP) is 1.10. The highest BCUT2D eigenvalue weighted by Crippen LogP contribution is 2.20. The number of nitrogens with zero attached hydrogens (tertiary/aromatic N) is 3. The van der Waals surface area contributed by atoms with E-state index in [1.54, 1.807) is 0 Å². The van der Waals surface area contributed by atoms with Gasteiger partial charge in [-0.25, -0.2) is 9.78 Å². The smallest absolute Gasteiger partial charge is 0.329 e. The molecule has 0 fully saturated rings. The maximum atomic E-state index is 10.2. The molecule has 90 valence electrons. The molecule has 1 N–H and O–H groups in total. The Kier molecular flexibility index (Phi) is 3.45. The number of rotatable bonds is 5. The van der Waals surface area contributed by atoms with E-state index in [4.69, 9.17) is 14.3 Å². The van der Waals surface area contributed by atoms with Gasteiger partial charge in [0, 0.05) is 5.38 Å². The Hall–Kier alpha value is -1.80. The number of carboxylic acid groups (broad SMARTS) is 1. The number of carbonyl (C=O) groups is 1. The molecule has 0 radical (unpaired) electrons. The van der Waals surface area contributed by atoms with Crippen LogP contribution in [0.4, 0.5) is 0 Å². The van der Waals surface area contributed by atoms with E-state index in [1.807, 2.05) is 12.3 Å². The van der Waals surface area contributed by atoms with Gasteiger partial charge < -0.3 is 14.3 Å². The molecule has 0 aliphatic carbocycles. The first-order valence-electron chi connectivity index (χ1n) is 4.69. The van der Waals surface area contributed by atoms with Crippen LogP contribution in [0.15, 0.2) is 9.80 Å². The number of hydrogen-bond donors (Lipinski definition) is 1. The number of carboxylic acids is 1. The predicted molar refractivity (Wildman–Crippen MR) is 57.4 cm³/mol. The summed E-state index contributed by atoms with van der Waals surface area (Å²) in [5, 5.41) is 18.6. The number of thiazole rings is 1. The fourth-order valence-electron chi connectivity index (χ4n) is 1.10. The standard InChI is InChI=1S/C9H9N3O4S/c1-5-10-6(4-17-5)9-12-11-7(16-9)2-15-3-8(13)14/h4H,2-3H2,1H3,(H,13,14). The first-order valence-corrected chi connectivity index (χ1v) is 5.57. The van der Waals surface area contributed by atoms with Crippen molar-refractivity contribution in [2.24, 2.45) is 0 Å². The van der Waals surface area contributed by atoms with Crippen molar-refractivity contribution in [3.8, 4) is 11.6 Å². The summed E-state index contributed by atoms with van der Waals surface area (Å²) in [7, 11) is 0. The number of hydrogen-bond acceptors (Lipinski definition) is 7. The molecule has 0 saturated carbocycles. The summed E-state index contributed by atoms with van der Waals surface area (Å²) in [6.07, 6.45) is 0. The van der Waals surface area contributed by atoms with Gasteiger partial charge in [-0.3, -0.25) is 0 Å². The first-order chi connectivity index (χ1) is 8.15. The molecule has 0 aliphatic rings. The van der Waals surface area contributed by atoms with Gasteiger partial charge in [0.05, 0.1) is 5.01 Å². The zero-order valence-corrected chi connectivity index (χ0v) is 9.73. The highest BCUT2D eigenvalue weighted by atomic mass is 32.1. The van der Waals surface area contributed by atoms with E-state index in [0.717, 1.165) is 5.01 Å². The highest BCUT2D eigenvalue weighted by Gasteiger charge is 2.11. The van der Waals surface area contributed by atoms with Gasteiger partial charge in [0.25, 0.3) is 5.89 Å². The number of aliphatic carboxylic acids is 1. The van der Waals surface area contributed by atoms with Crippen LogP contribution in [0.1, 0.15) is 10.9 Å². The minimum absolute atomic E-state index is 0.0254. The molecule has 2 aromatic rings. The second-order valence-electron chi connectivity index (χ2n) is 3.14. The van der Waals surface area contributed by atoms with Crippen molar-refractivity contribution in [1.82, 2.24) is 15.2 Å². The quantitative estimate of drug-likeness (QED) is 0.854. The molecular formula is C9H9N3O4S. The van der Waals surface area contributed by atoms with Crippen LogP contribution in [0, 0.1) is 6.92 Å². The van der Waals surface area contributed by atoms with Gasteiger partial charge in [0.2, 0.25) is 5.89 Å². The van der Waals surface area contributed by atoms with E-state index in [9.17, 15) is 4.79 Å². The molecule has 0 saturated heterocycles. The molecule has 7 nitrogen and oxygen atoms in total. The monoisotopic (exact) mass is 255 g/mol. The molecule has 17 heavy (non-hydrogen) atoms. The Balaban J connectivity index is 1.98. The van der Waals surface area contributed by atoms with Gasteiger partial charge in [-0.05, 0) is 6.92 Å². The van der Waals surface area contributed by atoms with Crippen molar-refractivity contribution in [3.63, 3.8) is 0 Å². The number of ether oxygens (including phenoxy) is 1. The summed E-state index contributed by atoms with van der Waals surface area (Å²) in [6.45, 7) is 1.46. The minimum atomic E-state index is -1.04. The molecule has 0 aliphatic heterocycles. The third-order valence-electron chi connectivity index (χ3n) is 1.76. The molecular weight excluding hydrogens is 246 g/mol. The van der Waals surface area contributed by atoms with Crippen molar-refractivity contribution in [1.29, 1.82) is 0 Å². The lowest BCUT2D eigenvalue weighted by Gasteiger charge is -1.94. The SMILES string of the molecule is Cc1nc(-c2nnc(COCC(=O)O)o2)cs1. The van der Waals surface area contributed by atoms with E-state index >= 15 is 0 Å². The van der Waals surface area contributed by atoms with Gasteiger partial charge in [-0.1, -0.05) is 0 Å². The fourth-order valence-corrected chi connectivity index (χ4v) is 1.69. The Morgan fingerprint density at radius 2 is 2.41 bits per heavy atom. The number of aromatic nitrogens is 3. The first kappa shape index (κ1) is 11.7. The third-order valence-corrected chi connectivity index (χ3v) is 2.53. The van der Waals surface area contributed by atoms with Crippen LogP contribution in [0.2, 0.25) is 0 Å². The molecule has 0 unspecified atom stereocenters. The Morgan fingerprint density at radius 1 is 1.59 bits per heavy atom. The molecule has 0 atom stereocenters. The summed E-state index contributed by atoms with van der Waals surface area (Å²) in [5.74, 6) is -0.505. The number of aryl methyl sites for hydroxylation is 1. The van der Waals surface area contributed by atoms with Crippen LogP contribution in [-0.4, -0.2) is 32.9 Å². The molecule has 2 aromatic heterocycles. The van der Waals surface area contributed by atoms with Crippen LogP contribution in [0.25, 0.3) is 11.6 Å². The second kappa shape index (κ2) is 5.02. The van der Waals surface area contributed by atoms with E-state index in [-0.39, 0.29) is 12.5 Å². The maximum absolute atomic E-state index is 10.2. The molecule has 8 heteroatoms. The summed E-state index contributed by atoms with van der Waals surface area (Å²) in [4.78, 5) is 14.4. The second-order valence-corrected chi connectivity index (χ2v) is 4.20. The summed E-state index contributed by atoms with van der Waals surface area (Å²) in [5.41, 5.74) is 0.615. The maximum Gasteiger partial charge on any atom is 0.329 e. The average Bonchev–Trinajstić information content (AvgIpc) is 2.86. The summed E-state index contributed by atoms with van der Waals surface area (Å²) in [6, 6.07) is 0. The lowest BCUT2D eigenvalue weighted by Crippen LogP contribution is -2.06. The van der Waals surface area contributed by atoms with Crippen LogP contribution in [0.3, 0.4) is 0 Å². The zero-order chi connectivity index (χ0) is 12.3. The summed E-state index contributed by atoms with van der Waals surface area (Å²) < 4.78 is 10.1. The largest absolute Gasteiger partial charge is 0.480 e. The molecule has 0 amide bonds. The van der Waals surface area contributed by atoms with Crippen molar-refractivity contribution in [2.75, 3.05) is 6.61 Å². The van der Waals surface area contributed by atoms with Gasteiger partial charge in [-0.15, -0.1) is 21.5 Å². The van der Waals surface area contributed by atoms with E-state index in [0.29, 0.717) is 11.6 Å². The highest BCUT2D eigenvalue weighted by molar-refractivity contribution is 7.09. The van der Waals surface area contributed by atoms with E-state index in [1.165, 1.54) is 11.3 Å². The normalized spacial score (nSPS) is 10.6. The van der Waals surface area contributed by atoms with Gasteiger partial charge in [0.15, 0.2) is 0 Å². The van der Waals surface area contributed by atoms with Crippen LogP contribution in [-0.2, 0) is 16.1 Å². The molecule has 0 aromatic carbocycles. The van der Waals surface area contributed by atoms with Crippen LogP contribution >= 0.6 is 11.3 Å². The minimum Gasteiger partial charge on any atom is -0.480 e. The van der Waals surface area contributed by atoms with Crippen LogP contribution < -0.4 is 0 Å². The van der Waals surface area contributed by atoms with Crippen molar-refractivity contribution >= 4 is 17.3 Å². The van der Waals surface area contributed by atoms with Gasteiger partial charge >= 0.3 is 5.97 Å². The Bertz CT molecular complexity index is 522. The topological polar surface area (TPSA) is 98.3 Å². The van der Waals surface area contributed by atoms with Crippen molar-refractivity contribution in [3.05, 3.63) is 16.3 Å². The molecule has 2 rings (SSSR count). The molecule has 0 spiro atoms. The lowest BCUT2D eigenvalue weighted by atomic mass is 10.5. The lowest BCUT2D eigenvalue weighted by molar-refractivity contribution is -0.142. The average molecular weight is 255 g/mol. The fraction of sp³-hybridized carbons (Fsp3) is 0.333. The van der Waals surface area contributed by atoms with E-state index in [2.05, 4.69) is 15.2 Å². The van der Waals surface area contributed by atoms with Gasteiger partial charge in [-0.2, -0.15) is 0 Å². The molecule has 2 heterocycles. The van der Waals surface area contributed by atoms with Crippen LogP contribution in [0.5, 0.6) is 0 Å².